The third-order valence-electron chi connectivity index (χ3n) is 7.07. The summed E-state index contributed by atoms with van der Waals surface area (Å²) in [4.78, 5) is 73.3. The lowest BCUT2D eigenvalue weighted by Crippen LogP contribution is -2.65. The molecular weight excluding hydrogens is 516 g/mol. The van der Waals surface area contributed by atoms with Gasteiger partial charge in [-0.15, -0.1) is 0 Å². The Morgan fingerprint density at radius 3 is 2.42 bits per heavy atom. The molecule has 0 aromatic carbocycles. The third kappa shape index (κ3) is 8.28. The Labute approximate surface area is 234 Å². The smallest absolute Gasteiger partial charge is 0.274 e. The van der Waals surface area contributed by atoms with Gasteiger partial charge in [-0.2, -0.15) is 0 Å². The van der Waals surface area contributed by atoms with E-state index in [-0.39, 0.29) is 12.3 Å². The Balaban J connectivity index is 2.53. The molecule has 40 heavy (non-hydrogen) atoms. The first kappa shape index (κ1) is 32.3. The number of carbonyl (C=O) groups is 5. The van der Waals surface area contributed by atoms with Crippen LogP contribution >= 0.6 is 0 Å². The van der Waals surface area contributed by atoms with E-state index in [2.05, 4.69) is 31.2 Å². The minimum Gasteiger partial charge on any atom is -0.390 e. The number of nitrogens with zero attached hydrogens (tertiary/aromatic N) is 2. The number of aliphatic hydroxyl groups is 1. The van der Waals surface area contributed by atoms with Crippen molar-refractivity contribution in [1.82, 2.24) is 26.3 Å². The van der Waals surface area contributed by atoms with Gasteiger partial charge in [0.25, 0.3) is 5.91 Å². The van der Waals surface area contributed by atoms with Crippen LogP contribution in [0.3, 0.4) is 0 Å². The van der Waals surface area contributed by atoms with Crippen LogP contribution < -0.4 is 21.3 Å². The molecule has 5 N–H and O–H groups in total. The summed E-state index contributed by atoms with van der Waals surface area (Å²) in [6.07, 6.45) is 5.16. The number of allylic oxidation sites excluding steroid dienone is 2. The molecule has 4 amide bonds. The number of aliphatic imine (C=N–C) groups is 1. The van der Waals surface area contributed by atoms with Gasteiger partial charge in [0.1, 0.15) is 12.1 Å². The molecule has 7 atom stereocenters. The second-order valence-electron chi connectivity index (χ2n) is 10.0. The zero-order valence-electron chi connectivity index (χ0n) is 23.8. The van der Waals surface area contributed by atoms with E-state index in [1.165, 1.54) is 33.0 Å². The summed E-state index contributed by atoms with van der Waals surface area (Å²) in [5.41, 5.74) is 0.282. The van der Waals surface area contributed by atoms with Crippen molar-refractivity contribution < 1.29 is 29.1 Å². The summed E-state index contributed by atoms with van der Waals surface area (Å²) in [6.45, 7) is 8.32. The fraction of sp³-hybridized carbons (Fsp3) is 0.536. The van der Waals surface area contributed by atoms with Gasteiger partial charge in [0.2, 0.25) is 23.5 Å². The molecule has 1 aromatic heterocycles. The van der Waals surface area contributed by atoms with Crippen LogP contribution in [-0.2, 0) is 30.4 Å². The lowest BCUT2D eigenvalue weighted by atomic mass is 9.90. The molecule has 0 radical (unpaired) electrons. The number of aliphatic hydroxyl groups excluding tert-OH is 1. The topological polar surface area (TPSA) is 179 Å². The van der Waals surface area contributed by atoms with Gasteiger partial charge in [-0.1, -0.05) is 39.3 Å². The van der Waals surface area contributed by atoms with Crippen molar-refractivity contribution in [2.24, 2.45) is 16.8 Å². The van der Waals surface area contributed by atoms with Gasteiger partial charge in [-0.25, -0.2) is 0 Å². The van der Waals surface area contributed by atoms with Crippen molar-refractivity contribution in [1.29, 1.82) is 0 Å². The minimum atomic E-state index is -1.35. The summed E-state index contributed by atoms with van der Waals surface area (Å²) in [5, 5.41) is 22.0. The van der Waals surface area contributed by atoms with E-state index in [1.54, 1.807) is 38.4 Å². The Morgan fingerprint density at radius 2 is 1.85 bits per heavy atom. The Kier molecular flexibility index (Phi) is 12.1. The van der Waals surface area contributed by atoms with Gasteiger partial charge in [-0.3, -0.25) is 33.9 Å². The molecule has 1 fully saturated rings. The number of hydrogen-bond donors (Lipinski definition) is 5. The van der Waals surface area contributed by atoms with E-state index in [4.69, 9.17) is 0 Å². The Bertz CT molecular complexity index is 1140. The lowest BCUT2D eigenvalue weighted by molar-refractivity contribution is -0.137. The molecule has 0 spiro atoms. The number of hydrogen-bond acceptors (Lipinski definition) is 8. The normalized spacial score (nSPS) is 27.5. The average molecular weight is 557 g/mol. The van der Waals surface area contributed by atoms with Crippen molar-refractivity contribution in [3.8, 4) is 0 Å². The van der Waals surface area contributed by atoms with Crippen molar-refractivity contribution >= 4 is 35.1 Å². The fourth-order valence-corrected chi connectivity index (χ4v) is 4.37. The molecule has 2 heterocycles. The summed E-state index contributed by atoms with van der Waals surface area (Å²) in [7, 11) is 1.28. The molecule has 1 saturated heterocycles. The number of pyridine rings is 1. The van der Waals surface area contributed by atoms with E-state index < -0.39 is 71.3 Å². The van der Waals surface area contributed by atoms with E-state index in [1.807, 2.05) is 6.92 Å². The maximum atomic E-state index is 13.7. The summed E-state index contributed by atoms with van der Waals surface area (Å²) in [6, 6.07) is -0.745. The molecule has 1 aromatic rings. The monoisotopic (exact) mass is 556 g/mol. The maximum absolute atomic E-state index is 13.7. The number of carbonyl (C=O) groups excluding carboxylic acids is 5. The molecule has 12 nitrogen and oxygen atoms in total. The summed E-state index contributed by atoms with van der Waals surface area (Å²) < 4.78 is 0. The first-order valence-electron chi connectivity index (χ1n) is 13.4. The largest absolute Gasteiger partial charge is 0.390 e. The van der Waals surface area contributed by atoms with Crippen LogP contribution in [0, 0.1) is 11.8 Å². The number of amides is 4. The summed E-state index contributed by atoms with van der Waals surface area (Å²) in [5.74, 6) is -4.63. The number of rotatable bonds is 8. The van der Waals surface area contributed by atoms with E-state index >= 15 is 0 Å². The predicted octanol–water partition coefficient (Wildman–Crippen LogP) is -0.144. The van der Waals surface area contributed by atoms with Gasteiger partial charge in [0, 0.05) is 19.4 Å². The van der Waals surface area contributed by atoms with Crippen molar-refractivity contribution in [3.63, 3.8) is 0 Å². The Morgan fingerprint density at radius 1 is 1.15 bits per heavy atom. The SMILES string of the molecule is C/C=C\C(=O)C(=NC)C(=O)NC1C(=O)NC(Cc2cccnc2)C(O)C(C)C(=O)NC(C(C)CC)C(=O)NC1C. The first-order chi connectivity index (χ1) is 18.9. The average Bonchev–Trinajstić information content (AvgIpc) is 2.93. The first-order valence-corrected chi connectivity index (χ1v) is 13.4. The predicted molar refractivity (Wildman–Crippen MR) is 149 cm³/mol. The van der Waals surface area contributed by atoms with E-state index in [0.29, 0.717) is 12.0 Å². The van der Waals surface area contributed by atoms with Crippen molar-refractivity contribution in [3.05, 3.63) is 42.2 Å². The highest BCUT2D eigenvalue weighted by Crippen LogP contribution is 2.17. The van der Waals surface area contributed by atoms with Crippen LogP contribution in [0.25, 0.3) is 0 Å². The molecule has 0 saturated carbocycles. The highest BCUT2D eigenvalue weighted by atomic mass is 16.3. The molecular formula is C28H40N6O6. The molecule has 0 bridgehead atoms. The third-order valence-corrected chi connectivity index (χ3v) is 7.07. The maximum Gasteiger partial charge on any atom is 0.274 e. The molecule has 0 aliphatic carbocycles. The van der Waals surface area contributed by atoms with Crippen LogP contribution in [0.4, 0.5) is 0 Å². The number of nitrogens with one attached hydrogen (secondary N) is 4. The molecule has 218 valence electrons. The van der Waals surface area contributed by atoms with Crippen LogP contribution in [0.2, 0.25) is 0 Å². The van der Waals surface area contributed by atoms with Gasteiger partial charge in [-0.05, 0) is 43.9 Å². The van der Waals surface area contributed by atoms with Gasteiger partial charge in [0.05, 0.1) is 24.1 Å². The van der Waals surface area contributed by atoms with Crippen LogP contribution in [0.5, 0.6) is 0 Å². The van der Waals surface area contributed by atoms with Crippen LogP contribution in [0.15, 0.2) is 41.7 Å². The second kappa shape index (κ2) is 15.0. The van der Waals surface area contributed by atoms with E-state index in [0.717, 1.165) is 0 Å². The highest BCUT2D eigenvalue weighted by molar-refractivity contribution is 6.67. The molecule has 12 heteroatoms. The zero-order valence-corrected chi connectivity index (χ0v) is 23.8. The zero-order chi connectivity index (χ0) is 30.0. The van der Waals surface area contributed by atoms with Gasteiger partial charge in [0.15, 0.2) is 5.71 Å². The fourth-order valence-electron chi connectivity index (χ4n) is 4.37. The second-order valence-corrected chi connectivity index (χ2v) is 10.0. The van der Waals surface area contributed by atoms with Crippen molar-refractivity contribution in [2.45, 2.75) is 77.7 Å². The minimum absolute atomic E-state index is 0.135. The summed E-state index contributed by atoms with van der Waals surface area (Å²) >= 11 is 0. The molecule has 2 rings (SSSR count). The number of aromatic nitrogens is 1. The van der Waals surface area contributed by atoms with Crippen LogP contribution in [0.1, 0.15) is 46.6 Å². The Hall–Kier alpha value is -3.93. The van der Waals surface area contributed by atoms with Gasteiger partial charge < -0.3 is 26.4 Å². The molecule has 7 unspecified atom stereocenters. The number of ketones is 1. The van der Waals surface area contributed by atoms with Crippen molar-refractivity contribution in [2.75, 3.05) is 7.05 Å². The molecule has 1 aliphatic rings. The van der Waals surface area contributed by atoms with E-state index in [9.17, 15) is 29.1 Å². The lowest BCUT2D eigenvalue weighted by Gasteiger charge is -2.35. The highest BCUT2D eigenvalue weighted by Gasteiger charge is 2.39. The molecule has 1 aliphatic heterocycles. The van der Waals surface area contributed by atoms with Crippen LogP contribution in [-0.4, -0.2) is 82.5 Å². The quantitative estimate of drug-likeness (QED) is 0.168. The standard InChI is InChI=1S/C28H40N6O6/c1-7-10-20(35)23(29-6)28(40)34-22-17(5)31-26(38)21(15(3)8-2)33-25(37)16(4)24(36)19(32-27(22)39)13-18-11-9-12-30-14-18/h7,9-12,14-17,19,21-22,24,36H,8,13H2,1-6H3,(H,31,38)(H,32,39)(H,33,37)(H,34,40)/b10-7-,29-23?. The van der Waals surface area contributed by atoms with Gasteiger partial charge >= 0.3 is 0 Å².